The van der Waals surface area contributed by atoms with Crippen LogP contribution >= 0.6 is 11.6 Å². The summed E-state index contributed by atoms with van der Waals surface area (Å²) in [7, 11) is 0. The van der Waals surface area contributed by atoms with E-state index in [9.17, 15) is 9.59 Å². The van der Waals surface area contributed by atoms with Gasteiger partial charge in [0.15, 0.2) is 0 Å². The first-order chi connectivity index (χ1) is 12.2. The summed E-state index contributed by atoms with van der Waals surface area (Å²) in [5, 5.41) is 6.55. The highest BCUT2D eigenvalue weighted by molar-refractivity contribution is 6.30. The Bertz CT molecular complexity index is 605. The topological polar surface area (TPSA) is 70.7 Å². The minimum atomic E-state index is -0.490. The number of hydrogen-bond donors (Lipinski definition) is 2. The highest BCUT2D eigenvalue weighted by atomic mass is 35.5. The van der Waals surface area contributed by atoms with Crippen LogP contribution in [0.4, 0.5) is 9.59 Å². The molecule has 1 heterocycles. The number of piperidine rings is 1. The van der Waals surface area contributed by atoms with Gasteiger partial charge in [-0.2, -0.15) is 0 Å². The lowest BCUT2D eigenvalue weighted by Gasteiger charge is -2.33. The van der Waals surface area contributed by atoms with Crippen molar-refractivity contribution in [1.82, 2.24) is 15.5 Å². The zero-order valence-electron chi connectivity index (χ0n) is 15.7. The van der Waals surface area contributed by atoms with Crippen LogP contribution in [0.25, 0.3) is 0 Å². The van der Waals surface area contributed by atoms with Crippen LogP contribution in [0, 0.1) is 0 Å². The number of hydrogen-bond acceptors (Lipinski definition) is 3. The van der Waals surface area contributed by atoms with Gasteiger partial charge in [0.25, 0.3) is 0 Å². The third-order valence-corrected chi connectivity index (χ3v) is 4.35. The fourth-order valence-electron chi connectivity index (χ4n) is 2.74. The van der Waals surface area contributed by atoms with Crippen molar-refractivity contribution in [3.8, 4) is 0 Å². The predicted octanol–water partition coefficient (Wildman–Crippen LogP) is 3.58. The Kier molecular flexibility index (Phi) is 7.14. The lowest BCUT2D eigenvalue weighted by atomic mass is 10.1. The van der Waals surface area contributed by atoms with E-state index in [-0.39, 0.29) is 18.2 Å². The largest absolute Gasteiger partial charge is 0.444 e. The van der Waals surface area contributed by atoms with Crippen LogP contribution in [-0.4, -0.2) is 48.3 Å². The number of carbonyl (C=O) groups is 2. The molecule has 1 aromatic rings. The average molecular weight is 382 g/mol. The van der Waals surface area contributed by atoms with E-state index in [4.69, 9.17) is 16.3 Å². The molecular formula is C19H28ClN3O3. The van der Waals surface area contributed by atoms with E-state index < -0.39 is 5.60 Å². The van der Waals surface area contributed by atoms with Gasteiger partial charge in [-0.25, -0.2) is 9.59 Å². The molecule has 1 saturated heterocycles. The van der Waals surface area contributed by atoms with Gasteiger partial charge in [-0.1, -0.05) is 23.7 Å². The number of amides is 3. The SMILES string of the molecule is CC(C)(C)OC(=O)N1CCC(NC(=O)NCCc2ccc(Cl)cc2)CC1. The number of carbonyl (C=O) groups excluding carboxylic acids is 2. The first kappa shape index (κ1) is 20.4. The lowest BCUT2D eigenvalue weighted by molar-refractivity contribution is 0.0201. The second-order valence-corrected chi connectivity index (χ2v) is 7.95. The molecule has 3 amide bonds. The maximum atomic E-state index is 12.0. The number of halogens is 1. The molecule has 0 saturated carbocycles. The molecule has 6 nitrogen and oxygen atoms in total. The Balaban J connectivity index is 1.64. The van der Waals surface area contributed by atoms with Gasteiger partial charge >= 0.3 is 12.1 Å². The number of urea groups is 1. The van der Waals surface area contributed by atoms with Crippen molar-refractivity contribution in [2.75, 3.05) is 19.6 Å². The molecule has 7 heteroatoms. The molecule has 2 N–H and O–H groups in total. The molecule has 0 unspecified atom stereocenters. The van der Waals surface area contributed by atoms with Crippen LogP contribution in [0.15, 0.2) is 24.3 Å². The second-order valence-electron chi connectivity index (χ2n) is 7.52. The third kappa shape index (κ3) is 7.12. The maximum absolute atomic E-state index is 12.0. The minimum absolute atomic E-state index is 0.0734. The van der Waals surface area contributed by atoms with Gasteiger partial charge < -0.3 is 20.3 Å². The average Bonchev–Trinajstić information content (AvgIpc) is 2.56. The summed E-state index contributed by atoms with van der Waals surface area (Å²) in [6.45, 7) is 7.30. The number of rotatable bonds is 4. The molecule has 0 bridgehead atoms. The van der Waals surface area contributed by atoms with Crippen molar-refractivity contribution < 1.29 is 14.3 Å². The Morgan fingerprint density at radius 3 is 2.38 bits per heavy atom. The summed E-state index contributed by atoms with van der Waals surface area (Å²) < 4.78 is 5.38. The van der Waals surface area contributed by atoms with Gasteiger partial charge in [-0.05, 0) is 57.7 Å². The molecule has 0 atom stereocenters. The fraction of sp³-hybridized carbons (Fsp3) is 0.579. The van der Waals surface area contributed by atoms with E-state index in [1.54, 1.807) is 4.90 Å². The number of nitrogens with one attached hydrogen (secondary N) is 2. The molecule has 26 heavy (non-hydrogen) atoms. The van der Waals surface area contributed by atoms with Crippen LogP contribution in [0.3, 0.4) is 0 Å². The molecule has 1 fully saturated rings. The first-order valence-corrected chi connectivity index (χ1v) is 9.37. The zero-order valence-corrected chi connectivity index (χ0v) is 16.4. The second kappa shape index (κ2) is 9.12. The molecule has 0 aromatic heterocycles. The zero-order chi connectivity index (χ0) is 19.2. The monoisotopic (exact) mass is 381 g/mol. The molecule has 0 aliphatic carbocycles. The molecule has 2 rings (SSSR count). The van der Waals surface area contributed by atoms with E-state index in [0.717, 1.165) is 24.8 Å². The lowest BCUT2D eigenvalue weighted by Crippen LogP contribution is -2.50. The first-order valence-electron chi connectivity index (χ1n) is 9.00. The van der Waals surface area contributed by atoms with Crippen LogP contribution in [0.1, 0.15) is 39.2 Å². The summed E-state index contributed by atoms with van der Waals surface area (Å²) in [6.07, 6.45) is 1.92. The van der Waals surface area contributed by atoms with Crippen molar-refractivity contribution in [3.63, 3.8) is 0 Å². The van der Waals surface area contributed by atoms with Crippen LogP contribution in [-0.2, 0) is 11.2 Å². The number of ether oxygens (including phenoxy) is 1. The van der Waals surface area contributed by atoms with Gasteiger partial charge in [0.05, 0.1) is 0 Å². The molecule has 1 aliphatic heterocycles. The molecule has 0 radical (unpaired) electrons. The summed E-state index contributed by atoms with van der Waals surface area (Å²) >= 11 is 5.85. The van der Waals surface area contributed by atoms with Gasteiger partial charge in [0, 0.05) is 30.7 Å². The van der Waals surface area contributed by atoms with Crippen molar-refractivity contribution in [2.45, 2.75) is 51.7 Å². The van der Waals surface area contributed by atoms with Crippen molar-refractivity contribution in [3.05, 3.63) is 34.9 Å². The van der Waals surface area contributed by atoms with E-state index in [2.05, 4.69) is 10.6 Å². The highest BCUT2D eigenvalue weighted by Crippen LogP contribution is 2.15. The van der Waals surface area contributed by atoms with Crippen molar-refractivity contribution >= 4 is 23.7 Å². The van der Waals surface area contributed by atoms with E-state index in [1.165, 1.54) is 0 Å². The standard InChI is InChI=1S/C19H28ClN3O3/c1-19(2,3)26-18(25)23-12-9-16(10-13-23)22-17(24)21-11-8-14-4-6-15(20)7-5-14/h4-7,16H,8-13H2,1-3H3,(H2,21,22,24). The summed E-state index contributed by atoms with van der Waals surface area (Å²) in [5.41, 5.74) is 0.635. The van der Waals surface area contributed by atoms with Gasteiger partial charge in [0.2, 0.25) is 0 Å². The maximum Gasteiger partial charge on any atom is 0.410 e. The molecule has 144 valence electrons. The van der Waals surface area contributed by atoms with Crippen molar-refractivity contribution in [1.29, 1.82) is 0 Å². The quantitative estimate of drug-likeness (QED) is 0.837. The van der Waals surface area contributed by atoms with E-state index >= 15 is 0 Å². The van der Waals surface area contributed by atoms with Gasteiger partial charge in [0.1, 0.15) is 5.60 Å². The number of likely N-dealkylation sites (tertiary alicyclic amines) is 1. The van der Waals surface area contributed by atoms with Crippen LogP contribution in [0.2, 0.25) is 5.02 Å². The Hall–Kier alpha value is -1.95. The fourth-order valence-corrected chi connectivity index (χ4v) is 2.87. The van der Waals surface area contributed by atoms with Crippen LogP contribution < -0.4 is 10.6 Å². The predicted molar refractivity (Wildman–Crippen MR) is 103 cm³/mol. The van der Waals surface area contributed by atoms with Crippen LogP contribution in [0.5, 0.6) is 0 Å². The van der Waals surface area contributed by atoms with Gasteiger partial charge in [-0.15, -0.1) is 0 Å². The van der Waals surface area contributed by atoms with E-state index in [1.807, 2.05) is 45.0 Å². The van der Waals surface area contributed by atoms with Gasteiger partial charge in [-0.3, -0.25) is 0 Å². The molecular weight excluding hydrogens is 354 g/mol. The summed E-state index contributed by atoms with van der Waals surface area (Å²) in [6, 6.07) is 7.49. The number of benzene rings is 1. The van der Waals surface area contributed by atoms with Crippen molar-refractivity contribution in [2.24, 2.45) is 0 Å². The molecule has 1 aromatic carbocycles. The Morgan fingerprint density at radius 2 is 1.81 bits per heavy atom. The highest BCUT2D eigenvalue weighted by Gasteiger charge is 2.27. The third-order valence-electron chi connectivity index (χ3n) is 4.09. The van der Waals surface area contributed by atoms with E-state index in [0.29, 0.717) is 24.7 Å². The Morgan fingerprint density at radius 1 is 1.19 bits per heavy atom. The smallest absolute Gasteiger partial charge is 0.410 e. The summed E-state index contributed by atoms with van der Waals surface area (Å²) in [5.74, 6) is 0. The number of nitrogens with zero attached hydrogens (tertiary/aromatic N) is 1. The summed E-state index contributed by atoms with van der Waals surface area (Å²) in [4.78, 5) is 25.7. The minimum Gasteiger partial charge on any atom is -0.444 e. The Labute approximate surface area is 160 Å². The molecule has 1 aliphatic rings. The normalized spacial score (nSPS) is 15.5. The molecule has 0 spiro atoms.